The lowest BCUT2D eigenvalue weighted by Gasteiger charge is -2.17. The summed E-state index contributed by atoms with van der Waals surface area (Å²) in [6.45, 7) is 3.14. The average Bonchev–Trinajstić information content (AvgIpc) is 3.13. The zero-order chi connectivity index (χ0) is 23.4. The van der Waals surface area contributed by atoms with Crippen LogP contribution in [0.4, 0.5) is 5.69 Å². The molecule has 1 aliphatic heterocycles. The Morgan fingerprint density at radius 1 is 1.09 bits per heavy atom. The molecule has 1 unspecified atom stereocenters. The highest BCUT2D eigenvalue weighted by Gasteiger charge is 2.36. The Bertz CT molecular complexity index is 1050. The molecule has 0 aliphatic carbocycles. The normalized spacial score (nSPS) is 15.7. The van der Waals surface area contributed by atoms with Crippen LogP contribution < -0.4 is 4.90 Å². The number of esters is 2. The van der Waals surface area contributed by atoms with Crippen molar-refractivity contribution in [3.63, 3.8) is 0 Å². The maximum Gasteiger partial charge on any atom is 0.338 e. The van der Waals surface area contributed by atoms with Crippen LogP contribution in [-0.4, -0.2) is 42.9 Å². The van der Waals surface area contributed by atoms with Crippen molar-refractivity contribution < 1.29 is 28.7 Å². The van der Waals surface area contributed by atoms with Crippen LogP contribution >= 0.6 is 23.2 Å². The molecule has 0 bridgehead atoms. The first-order chi connectivity index (χ1) is 15.2. The van der Waals surface area contributed by atoms with Gasteiger partial charge < -0.3 is 14.4 Å². The summed E-state index contributed by atoms with van der Waals surface area (Å²) < 4.78 is 10.3. The Morgan fingerprint density at radius 2 is 1.78 bits per heavy atom. The standard InChI is InChI=1S/C23H21Cl2NO6/c1-13(2)32-23(30)14-3-6-17(7-4-14)26-11-15(9-21(26)28)22(29)31-12-20(27)18-8-5-16(24)10-19(18)25/h3-8,10,13,15H,9,11-12H2,1-2H3. The van der Waals surface area contributed by atoms with Crippen LogP contribution in [0.2, 0.25) is 10.0 Å². The number of hydrogen-bond donors (Lipinski definition) is 0. The van der Waals surface area contributed by atoms with Crippen molar-refractivity contribution >= 4 is 52.5 Å². The molecule has 0 N–H and O–H groups in total. The molecule has 1 saturated heterocycles. The third kappa shape index (κ3) is 5.66. The van der Waals surface area contributed by atoms with E-state index in [0.717, 1.165) is 0 Å². The van der Waals surface area contributed by atoms with E-state index < -0.39 is 30.2 Å². The molecule has 1 atom stereocenters. The van der Waals surface area contributed by atoms with E-state index in [0.29, 0.717) is 16.3 Å². The molecule has 2 aromatic rings. The van der Waals surface area contributed by atoms with Crippen molar-refractivity contribution in [2.24, 2.45) is 5.92 Å². The molecule has 0 saturated carbocycles. The predicted molar refractivity (Wildman–Crippen MR) is 119 cm³/mol. The van der Waals surface area contributed by atoms with E-state index in [1.165, 1.54) is 23.1 Å². The predicted octanol–water partition coefficient (Wildman–Crippen LogP) is 4.34. The van der Waals surface area contributed by atoms with E-state index in [1.807, 2.05) is 0 Å². The highest BCUT2D eigenvalue weighted by Crippen LogP contribution is 2.27. The monoisotopic (exact) mass is 477 g/mol. The number of Topliss-reactive ketones (excluding diaryl/α,β-unsaturated/α-hetero) is 1. The van der Waals surface area contributed by atoms with Gasteiger partial charge in [0.05, 0.1) is 22.6 Å². The van der Waals surface area contributed by atoms with Crippen LogP contribution in [0.3, 0.4) is 0 Å². The third-order valence-corrected chi connectivity index (χ3v) is 5.34. The molecule has 9 heteroatoms. The number of amides is 1. The van der Waals surface area contributed by atoms with E-state index in [-0.39, 0.29) is 35.6 Å². The lowest BCUT2D eigenvalue weighted by Crippen LogP contribution is -2.27. The van der Waals surface area contributed by atoms with Crippen molar-refractivity contribution in [1.29, 1.82) is 0 Å². The number of ketones is 1. The minimum atomic E-state index is -0.707. The number of carbonyl (C=O) groups excluding carboxylic acids is 4. The Hall–Kier alpha value is -2.90. The van der Waals surface area contributed by atoms with E-state index in [2.05, 4.69) is 0 Å². The maximum atomic E-state index is 12.4. The minimum Gasteiger partial charge on any atom is -0.459 e. The van der Waals surface area contributed by atoms with E-state index in [4.69, 9.17) is 32.7 Å². The van der Waals surface area contributed by atoms with Gasteiger partial charge in [-0.1, -0.05) is 23.2 Å². The van der Waals surface area contributed by atoms with Crippen molar-refractivity contribution in [3.8, 4) is 0 Å². The molecular formula is C23H21Cl2NO6. The van der Waals surface area contributed by atoms with E-state index >= 15 is 0 Å². The zero-order valence-corrected chi connectivity index (χ0v) is 19.0. The second-order valence-electron chi connectivity index (χ2n) is 7.56. The fourth-order valence-electron chi connectivity index (χ4n) is 3.22. The van der Waals surface area contributed by atoms with Gasteiger partial charge in [0.2, 0.25) is 11.7 Å². The van der Waals surface area contributed by atoms with Gasteiger partial charge in [0.25, 0.3) is 0 Å². The van der Waals surface area contributed by atoms with Crippen LogP contribution in [0.1, 0.15) is 41.0 Å². The van der Waals surface area contributed by atoms with Gasteiger partial charge >= 0.3 is 11.9 Å². The molecule has 0 aromatic heterocycles. The quantitative estimate of drug-likeness (QED) is 0.435. The van der Waals surface area contributed by atoms with Gasteiger partial charge in [-0.15, -0.1) is 0 Å². The fraction of sp³-hybridized carbons (Fsp3) is 0.304. The summed E-state index contributed by atoms with van der Waals surface area (Å²) in [5.74, 6) is -2.52. The topological polar surface area (TPSA) is 90.0 Å². The first-order valence-electron chi connectivity index (χ1n) is 9.92. The molecule has 168 valence electrons. The number of hydrogen-bond acceptors (Lipinski definition) is 6. The van der Waals surface area contributed by atoms with Gasteiger partial charge in [0, 0.05) is 29.2 Å². The summed E-state index contributed by atoms with van der Waals surface area (Å²) in [5, 5.41) is 0.555. The fourth-order valence-corrected chi connectivity index (χ4v) is 3.74. The molecule has 7 nitrogen and oxygen atoms in total. The maximum absolute atomic E-state index is 12.4. The summed E-state index contributed by atoms with van der Waals surface area (Å²) in [7, 11) is 0. The first-order valence-corrected chi connectivity index (χ1v) is 10.7. The first kappa shape index (κ1) is 23.8. The smallest absolute Gasteiger partial charge is 0.338 e. The van der Waals surface area contributed by atoms with Crippen LogP contribution in [0.25, 0.3) is 0 Å². The van der Waals surface area contributed by atoms with Crippen molar-refractivity contribution in [1.82, 2.24) is 0 Å². The Morgan fingerprint density at radius 3 is 2.41 bits per heavy atom. The number of anilines is 1. The Balaban J connectivity index is 1.58. The Labute approximate surface area is 195 Å². The van der Waals surface area contributed by atoms with Gasteiger partial charge in [-0.2, -0.15) is 0 Å². The molecule has 32 heavy (non-hydrogen) atoms. The van der Waals surface area contributed by atoms with Gasteiger partial charge in [-0.3, -0.25) is 14.4 Å². The van der Waals surface area contributed by atoms with Crippen molar-refractivity contribution in [3.05, 3.63) is 63.6 Å². The van der Waals surface area contributed by atoms with E-state index in [1.54, 1.807) is 38.1 Å². The highest BCUT2D eigenvalue weighted by molar-refractivity contribution is 6.36. The van der Waals surface area contributed by atoms with Gasteiger partial charge in [0.15, 0.2) is 6.61 Å². The van der Waals surface area contributed by atoms with Crippen LogP contribution in [0.15, 0.2) is 42.5 Å². The lowest BCUT2D eigenvalue weighted by molar-refractivity contribution is -0.147. The molecule has 1 heterocycles. The number of benzene rings is 2. The van der Waals surface area contributed by atoms with Crippen molar-refractivity contribution in [2.75, 3.05) is 18.1 Å². The van der Waals surface area contributed by atoms with Gasteiger partial charge in [-0.25, -0.2) is 4.79 Å². The Kier molecular flexibility index (Phi) is 7.53. The molecule has 1 aliphatic rings. The molecule has 0 spiro atoms. The van der Waals surface area contributed by atoms with E-state index in [9.17, 15) is 19.2 Å². The average molecular weight is 478 g/mol. The number of rotatable bonds is 7. The van der Waals surface area contributed by atoms with Crippen LogP contribution in [0, 0.1) is 5.92 Å². The number of ether oxygens (including phenoxy) is 2. The molecule has 0 radical (unpaired) electrons. The summed E-state index contributed by atoms with van der Waals surface area (Å²) in [6.07, 6.45) is -0.275. The largest absolute Gasteiger partial charge is 0.459 e. The second kappa shape index (κ2) is 10.1. The second-order valence-corrected chi connectivity index (χ2v) is 8.41. The molecular weight excluding hydrogens is 457 g/mol. The summed E-state index contributed by atoms with van der Waals surface area (Å²) in [5.41, 5.74) is 1.11. The highest BCUT2D eigenvalue weighted by atomic mass is 35.5. The zero-order valence-electron chi connectivity index (χ0n) is 17.5. The summed E-state index contributed by atoms with van der Waals surface area (Å²) in [4.78, 5) is 50.5. The SMILES string of the molecule is CC(C)OC(=O)c1ccc(N2CC(C(=O)OCC(=O)c3ccc(Cl)cc3Cl)CC2=O)cc1. The molecule has 1 amide bonds. The summed E-state index contributed by atoms with van der Waals surface area (Å²) in [6, 6.07) is 10.8. The third-order valence-electron chi connectivity index (χ3n) is 4.79. The molecule has 3 rings (SSSR count). The minimum absolute atomic E-state index is 0.0358. The lowest BCUT2D eigenvalue weighted by atomic mass is 10.1. The van der Waals surface area contributed by atoms with Crippen LogP contribution in [-0.2, 0) is 19.1 Å². The number of carbonyl (C=O) groups is 4. The number of halogens is 2. The molecule has 1 fully saturated rings. The summed E-state index contributed by atoms with van der Waals surface area (Å²) >= 11 is 11.8. The van der Waals surface area contributed by atoms with Gasteiger partial charge in [0.1, 0.15) is 0 Å². The van der Waals surface area contributed by atoms with Crippen molar-refractivity contribution in [2.45, 2.75) is 26.4 Å². The van der Waals surface area contributed by atoms with Crippen LogP contribution in [0.5, 0.6) is 0 Å². The molecule has 2 aromatic carbocycles. The number of nitrogens with zero attached hydrogens (tertiary/aromatic N) is 1. The van der Waals surface area contributed by atoms with Gasteiger partial charge in [-0.05, 0) is 56.3 Å².